The van der Waals surface area contributed by atoms with Crippen molar-refractivity contribution in [2.75, 3.05) is 11.5 Å². The van der Waals surface area contributed by atoms with E-state index < -0.39 is 12.1 Å². The second-order valence-corrected chi connectivity index (χ2v) is 4.54. The number of rotatable bonds is 2. The number of carbonyl (C=O) groups is 2. The molecular weight excluding hydrogens is 244 g/mol. The molecule has 1 aromatic carbocycles. The van der Waals surface area contributed by atoms with Crippen LogP contribution in [0.5, 0.6) is 0 Å². The molecule has 0 radical (unpaired) electrons. The van der Waals surface area contributed by atoms with E-state index in [1.54, 1.807) is 12.1 Å². The van der Waals surface area contributed by atoms with Crippen molar-refractivity contribution in [2.45, 2.75) is 26.8 Å². The molecule has 1 saturated heterocycles. The van der Waals surface area contributed by atoms with E-state index >= 15 is 0 Å². The molecule has 0 saturated carbocycles. The van der Waals surface area contributed by atoms with Gasteiger partial charge in [-0.15, -0.1) is 0 Å². The highest BCUT2D eigenvalue weighted by Crippen LogP contribution is 2.33. The molecule has 0 unspecified atom stereocenters. The number of cyclic esters (lactones) is 1. The van der Waals surface area contributed by atoms with Crippen LogP contribution in [0.4, 0.5) is 16.2 Å². The molecule has 98 valence electrons. The van der Waals surface area contributed by atoms with Gasteiger partial charge in [0.05, 0.1) is 6.57 Å². The summed E-state index contributed by atoms with van der Waals surface area (Å²) in [6, 6.07) is 2.77. The molecule has 5 heteroatoms. The fraction of sp³-hybridized carbons (Fsp3) is 0.357. The predicted octanol–water partition coefficient (Wildman–Crippen LogP) is 2.77. The summed E-state index contributed by atoms with van der Waals surface area (Å²) in [6.45, 7) is 12.3. The van der Waals surface area contributed by atoms with Crippen molar-refractivity contribution in [1.29, 1.82) is 0 Å². The predicted molar refractivity (Wildman–Crippen MR) is 70.5 cm³/mol. The first kappa shape index (κ1) is 13.1. The van der Waals surface area contributed by atoms with E-state index in [4.69, 9.17) is 11.3 Å². The van der Waals surface area contributed by atoms with Crippen LogP contribution < -0.4 is 4.90 Å². The molecule has 0 N–H and O–H groups in total. The summed E-state index contributed by atoms with van der Waals surface area (Å²) in [7, 11) is 0. The zero-order chi connectivity index (χ0) is 14.2. The SMILES string of the molecule is [C-]#[N+]c1ccc(N2C(=O)OC[C@@H]2C(C)=O)c(C)c1C. The van der Waals surface area contributed by atoms with E-state index in [1.165, 1.54) is 11.8 Å². The fourth-order valence-corrected chi connectivity index (χ4v) is 2.16. The lowest BCUT2D eigenvalue weighted by atomic mass is 10.0. The fourth-order valence-electron chi connectivity index (χ4n) is 2.16. The molecule has 0 aromatic heterocycles. The zero-order valence-electron chi connectivity index (χ0n) is 11.1. The summed E-state index contributed by atoms with van der Waals surface area (Å²) >= 11 is 0. The second-order valence-electron chi connectivity index (χ2n) is 4.54. The molecule has 1 atom stereocenters. The number of benzene rings is 1. The van der Waals surface area contributed by atoms with Gasteiger partial charge >= 0.3 is 6.09 Å². The number of ether oxygens (including phenoxy) is 1. The molecule has 1 heterocycles. The van der Waals surface area contributed by atoms with Crippen molar-refractivity contribution in [2.24, 2.45) is 0 Å². The van der Waals surface area contributed by atoms with Crippen molar-refractivity contribution in [3.8, 4) is 0 Å². The Morgan fingerprint density at radius 1 is 1.42 bits per heavy atom. The van der Waals surface area contributed by atoms with Gasteiger partial charge in [0.15, 0.2) is 11.5 Å². The first-order valence-electron chi connectivity index (χ1n) is 5.91. The number of carbonyl (C=O) groups excluding carboxylic acids is 2. The van der Waals surface area contributed by atoms with Crippen molar-refractivity contribution in [1.82, 2.24) is 0 Å². The largest absolute Gasteiger partial charge is 0.446 e. The van der Waals surface area contributed by atoms with Crippen LogP contribution in [0.15, 0.2) is 12.1 Å². The Morgan fingerprint density at radius 2 is 2.11 bits per heavy atom. The monoisotopic (exact) mass is 258 g/mol. The van der Waals surface area contributed by atoms with E-state index in [1.807, 2.05) is 13.8 Å². The highest BCUT2D eigenvalue weighted by atomic mass is 16.6. The average Bonchev–Trinajstić information content (AvgIpc) is 2.75. The Labute approximate surface area is 111 Å². The third-order valence-corrected chi connectivity index (χ3v) is 3.45. The molecule has 0 aliphatic carbocycles. The lowest BCUT2D eigenvalue weighted by Crippen LogP contribution is -2.38. The van der Waals surface area contributed by atoms with Crippen LogP contribution in [0.2, 0.25) is 0 Å². The lowest BCUT2D eigenvalue weighted by Gasteiger charge is -2.22. The average molecular weight is 258 g/mol. The Morgan fingerprint density at radius 3 is 2.68 bits per heavy atom. The van der Waals surface area contributed by atoms with E-state index in [0.29, 0.717) is 11.4 Å². The van der Waals surface area contributed by atoms with Gasteiger partial charge in [-0.1, -0.05) is 6.07 Å². The molecular formula is C14H14N2O3. The molecule has 0 spiro atoms. The molecule has 5 nitrogen and oxygen atoms in total. The number of anilines is 1. The van der Waals surface area contributed by atoms with Crippen molar-refractivity contribution in [3.05, 3.63) is 34.7 Å². The van der Waals surface area contributed by atoms with Crippen molar-refractivity contribution >= 4 is 23.3 Å². The lowest BCUT2D eigenvalue weighted by molar-refractivity contribution is -0.118. The molecule has 2 rings (SSSR count). The maximum Gasteiger partial charge on any atom is 0.415 e. The Hall–Kier alpha value is -2.35. The number of hydrogen-bond donors (Lipinski definition) is 0. The Balaban J connectivity index is 2.52. The quantitative estimate of drug-likeness (QED) is 0.766. The van der Waals surface area contributed by atoms with Gasteiger partial charge in [0.1, 0.15) is 12.6 Å². The smallest absolute Gasteiger partial charge is 0.415 e. The number of amides is 1. The Bertz CT molecular complexity index is 601. The van der Waals surface area contributed by atoms with Gasteiger partial charge in [0.25, 0.3) is 0 Å². The van der Waals surface area contributed by atoms with Crippen LogP contribution in [0, 0.1) is 20.4 Å². The molecule has 19 heavy (non-hydrogen) atoms. The summed E-state index contributed by atoms with van der Waals surface area (Å²) in [5, 5.41) is 0. The van der Waals surface area contributed by atoms with Crippen LogP contribution in [0.25, 0.3) is 4.85 Å². The van der Waals surface area contributed by atoms with E-state index in [0.717, 1.165) is 11.1 Å². The second kappa shape index (κ2) is 4.73. The third kappa shape index (κ3) is 2.06. The van der Waals surface area contributed by atoms with Gasteiger partial charge in [-0.05, 0) is 38.0 Å². The number of hydrogen-bond acceptors (Lipinski definition) is 3. The first-order chi connectivity index (χ1) is 8.97. The number of Topliss-reactive ketones (excluding diaryl/α,β-unsaturated/α-hetero) is 1. The highest BCUT2D eigenvalue weighted by Gasteiger charge is 2.38. The maximum atomic E-state index is 11.8. The standard InChI is InChI=1S/C14H14N2O3/c1-8-9(2)12(6-5-11(8)15-4)16-13(10(3)17)7-19-14(16)18/h5-6,13H,7H2,1-3H3/t13-/m1/s1. The molecule has 1 aliphatic heterocycles. The summed E-state index contributed by atoms with van der Waals surface area (Å²) in [6.07, 6.45) is -0.515. The van der Waals surface area contributed by atoms with Gasteiger partial charge in [0.2, 0.25) is 0 Å². The topological polar surface area (TPSA) is 51.0 Å². The minimum atomic E-state index is -0.579. The number of nitrogens with zero attached hydrogens (tertiary/aromatic N) is 2. The summed E-state index contributed by atoms with van der Waals surface area (Å²) in [5.41, 5.74) is 2.81. The molecule has 1 aliphatic rings. The highest BCUT2D eigenvalue weighted by molar-refractivity contribution is 6.00. The number of ketones is 1. The van der Waals surface area contributed by atoms with Gasteiger partial charge in [0, 0.05) is 5.69 Å². The van der Waals surface area contributed by atoms with Crippen LogP contribution in [-0.4, -0.2) is 24.5 Å². The minimum Gasteiger partial charge on any atom is -0.446 e. The van der Waals surface area contributed by atoms with Crippen LogP contribution in [0.3, 0.4) is 0 Å². The van der Waals surface area contributed by atoms with Gasteiger partial charge in [-0.3, -0.25) is 9.69 Å². The minimum absolute atomic E-state index is 0.0806. The molecule has 1 aromatic rings. The third-order valence-electron chi connectivity index (χ3n) is 3.45. The molecule has 1 fully saturated rings. The van der Waals surface area contributed by atoms with Crippen molar-refractivity contribution in [3.63, 3.8) is 0 Å². The van der Waals surface area contributed by atoms with E-state index in [9.17, 15) is 9.59 Å². The van der Waals surface area contributed by atoms with Crippen molar-refractivity contribution < 1.29 is 14.3 Å². The summed E-state index contributed by atoms with van der Waals surface area (Å²) < 4.78 is 4.95. The van der Waals surface area contributed by atoms with Crippen LogP contribution in [-0.2, 0) is 9.53 Å². The van der Waals surface area contributed by atoms with Gasteiger partial charge in [-0.2, -0.15) is 0 Å². The summed E-state index contributed by atoms with van der Waals surface area (Å²) in [4.78, 5) is 28.2. The normalized spacial score (nSPS) is 18.1. The van der Waals surface area contributed by atoms with Gasteiger partial charge in [-0.25, -0.2) is 9.64 Å². The van der Waals surface area contributed by atoms with Gasteiger partial charge < -0.3 is 4.74 Å². The zero-order valence-corrected chi connectivity index (χ0v) is 11.1. The maximum absolute atomic E-state index is 11.8. The first-order valence-corrected chi connectivity index (χ1v) is 5.91. The van der Waals surface area contributed by atoms with Crippen LogP contribution in [0.1, 0.15) is 18.1 Å². The molecule has 0 bridgehead atoms. The van der Waals surface area contributed by atoms with E-state index in [-0.39, 0.29) is 12.4 Å². The van der Waals surface area contributed by atoms with E-state index in [2.05, 4.69) is 4.85 Å². The molecule has 1 amide bonds. The van der Waals surface area contributed by atoms with Crippen LogP contribution >= 0.6 is 0 Å². The summed E-state index contributed by atoms with van der Waals surface area (Å²) in [5.74, 6) is -0.114. The Kier molecular flexibility index (Phi) is 3.26.